The number of carbonyl (C=O) groups is 1. The first-order valence-corrected chi connectivity index (χ1v) is 6.43. The van der Waals surface area contributed by atoms with E-state index in [2.05, 4.69) is 17.2 Å². The lowest BCUT2D eigenvalue weighted by Gasteiger charge is -2.18. The van der Waals surface area contributed by atoms with Crippen molar-refractivity contribution < 1.29 is 14.3 Å². The number of hydrogen-bond donors (Lipinski definition) is 1. The first kappa shape index (κ1) is 15.4. The molecule has 1 aromatic rings. The second kappa shape index (κ2) is 7.74. The molecule has 0 amide bonds. The van der Waals surface area contributed by atoms with Crippen molar-refractivity contribution in [2.45, 2.75) is 32.7 Å². The van der Waals surface area contributed by atoms with Gasteiger partial charge in [0.2, 0.25) is 0 Å². The quantitative estimate of drug-likeness (QED) is 0.768. The van der Waals surface area contributed by atoms with Crippen LogP contribution in [0, 0.1) is 6.92 Å². The van der Waals surface area contributed by atoms with Crippen molar-refractivity contribution in [2.75, 3.05) is 26.1 Å². The molecular weight excluding hydrogens is 244 g/mol. The van der Waals surface area contributed by atoms with Gasteiger partial charge in [-0.2, -0.15) is 0 Å². The summed E-state index contributed by atoms with van der Waals surface area (Å²) in [5.41, 5.74) is 1.15. The van der Waals surface area contributed by atoms with Gasteiger partial charge in [-0.05, 0) is 25.5 Å². The van der Waals surface area contributed by atoms with Gasteiger partial charge in [0.15, 0.2) is 0 Å². The molecule has 1 N–H and O–H groups in total. The van der Waals surface area contributed by atoms with E-state index < -0.39 is 0 Å². The van der Waals surface area contributed by atoms with Crippen LogP contribution < -0.4 is 5.32 Å². The van der Waals surface area contributed by atoms with Gasteiger partial charge < -0.3 is 14.8 Å². The fraction of sp³-hybridized carbons (Fsp3) is 0.571. The van der Waals surface area contributed by atoms with Crippen molar-refractivity contribution in [1.29, 1.82) is 0 Å². The van der Waals surface area contributed by atoms with Crippen molar-refractivity contribution in [2.24, 2.45) is 0 Å². The highest BCUT2D eigenvalue weighted by molar-refractivity contribution is 5.90. The number of nitrogens with one attached hydrogen (secondary N) is 1. The standard InChI is InChI=1S/C14H22N2O3/c1-5-6-11(9-18-3)16-13-8-7-12(10(2)15-13)14(17)19-4/h7-8,11H,5-6,9H2,1-4H3,(H,15,16). The SMILES string of the molecule is CCCC(COC)Nc1ccc(C(=O)OC)c(C)n1. The Kier molecular flexibility index (Phi) is 6.29. The first-order valence-electron chi connectivity index (χ1n) is 6.43. The van der Waals surface area contributed by atoms with E-state index in [1.54, 1.807) is 26.2 Å². The van der Waals surface area contributed by atoms with Gasteiger partial charge in [0, 0.05) is 7.11 Å². The highest BCUT2D eigenvalue weighted by Crippen LogP contribution is 2.14. The Labute approximate surface area is 114 Å². The fourth-order valence-corrected chi connectivity index (χ4v) is 1.92. The first-order chi connectivity index (χ1) is 9.12. The molecule has 106 valence electrons. The van der Waals surface area contributed by atoms with Crippen molar-refractivity contribution in [3.8, 4) is 0 Å². The van der Waals surface area contributed by atoms with Crippen LogP contribution in [-0.2, 0) is 9.47 Å². The van der Waals surface area contributed by atoms with E-state index in [-0.39, 0.29) is 12.0 Å². The van der Waals surface area contributed by atoms with Gasteiger partial charge >= 0.3 is 5.97 Å². The number of anilines is 1. The van der Waals surface area contributed by atoms with E-state index >= 15 is 0 Å². The van der Waals surface area contributed by atoms with Gasteiger partial charge in [-0.3, -0.25) is 0 Å². The Morgan fingerprint density at radius 3 is 2.68 bits per heavy atom. The highest BCUT2D eigenvalue weighted by Gasteiger charge is 2.12. The van der Waals surface area contributed by atoms with Crippen molar-refractivity contribution in [3.63, 3.8) is 0 Å². The number of rotatable bonds is 7. The average molecular weight is 266 g/mol. The third-order valence-electron chi connectivity index (χ3n) is 2.85. The molecule has 0 radical (unpaired) electrons. The van der Waals surface area contributed by atoms with Crippen LogP contribution in [0.1, 0.15) is 35.8 Å². The van der Waals surface area contributed by atoms with Crippen molar-refractivity contribution >= 4 is 11.8 Å². The molecule has 1 aromatic heterocycles. The molecule has 0 spiro atoms. The summed E-state index contributed by atoms with van der Waals surface area (Å²) in [6.45, 7) is 4.55. The summed E-state index contributed by atoms with van der Waals surface area (Å²) in [5, 5.41) is 3.32. The minimum Gasteiger partial charge on any atom is -0.465 e. The van der Waals surface area contributed by atoms with Crippen LogP contribution in [0.3, 0.4) is 0 Å². The summed E-state index contributed by atoms with van der Waals surface area (Å²) in [7, 11) is 3.05. The van der Waals surface area contributed by atoms with Gasteiger partial charge in [0.1, 0.15) is 5.82 Å². The zero-order chi connectivity index (χ0) is 14.3. The van der Waals surface area contributed by atoms with Crippen LogP contribution in [0.4, 0.5) is 5.82 Å². The molecule has 1 rings (SSSR count). The molecule has 19 heavy (non-hydrogen) atoms. The number of ether oxygens (including phenoxy) is 2. The molecule has 1 atom stereocenters. The van der Waals surface area contributed by atoms with Gasteiger partial charge in [0.25, 0.3) is 0 Å². The summed E-state index contributed by atoms with van der Waals surface area (Å²) in [4.78, 5) is 15.8. The minimum absolute atomic E-state index is 0.228. The topological polar surface area (TPSA) is 60.5 Å². The lowest BCUT2D eigenvalue weighted by molar-refractivity contribution is 0.0599. The van der Waals surface area contributed by atoms with E-state index in [1.165, 1.54) is 7.11 Å². The Balaban J connectivity index is 2.79. The zero-order valence-corrected chi connectivity index (χ0v) is 12.0. The lowest BCUT2D eigenvalue weighted by Crippen LogP contribution is -2.25. The molecule has 5 heteroatoms. The van der Waals surface area contributed by atoms with E-state index in [0.717, 1.165) is 18.7 Å². The van der Waals surface area contributed by atoms with Gasteiger partial charge in [-0.25, -0.2) is 9.78 Å². The third kappa shape index (κ3) is 4.52. The Morgan fingerprint density at radius 1 is 1.42 bits per heavy atom. The molecule has 0 fully saturated rings. The Morgan fingerprint density at radius 2 is 2.16 bits per heavy atom. The summed E-state index contributed by atoms with van der Waals surface area (Å²) >= 11 is 0. The van der Waals surface area contributed by atoms with Crippen molar-refractivity contribution in [3.05, 3.63) is 23.4 Å². The summed E-state index contributed by atoms with van der Waals surface area (Å²) in [5.74, 6) is 0.388. The molecule has 1 heterocycles. The number of carbonyl (C=O) groups excluding carboxylic acids is 1. The van der Waals surface area contributed by atoms with Gasteiger partial charge in [0.05, 0.1) is 31.0 Å². The predicted molar refractivity (Wildman–Crippen MR) is 74.5 cm³/mol. The number of hydrogen-bond acceptors (Lipinski definition) is 5. The zero-order valence-electron chi connectivity index (χ0n) is 12.0. The second-order valence-electron chi connectivity index (χ2n) is 4.41. The molecule has 0 aliphatic carbocycles. The number of aromatic nitrogens is 1. The average Bonchev–Trinajstić information content (AvgIpc) is 2.38. The number of esters is 1. The van der Waals surface area contributed by atoms with E-state index in [0.29, 0.717) is 17.9 Å². The monoisotopic (exact) mass is 266 g/mol. The maximum atomic E-state index is 11.5. The predicted octanol–water partition coefficient (Wildman–Crippen LogP) is 2.40. The van der Waals surface area contributed by atoms with Crippen LogP contribution in [-0.4, -0.2) is 37.8 Å². The van der Waals surface area contributed by atoms with E-state index in [9.17, 15) is 4.79 Å². The molecule has 0 bridgehead atoms. The van der Waals surface area contributed by atoms with Gasteiger partial charge in [-0.1, -0.05) is 13.3 Å². The largest absolute Gasteiger partial charge is 0.465 e. The molecule has 0 saturated carbocycles. The molecule has 0 saturated heterocycles. The smallest absolute Gasteiger partial charge is 0.339 e. The molecule has 1 unspecified atom stereocenters. The van der Waals surface area contributed by atoms with Crippen molar-refractivity contribution in [1.82, 2.24) is 4.98 Å². The van der Waals surface area contributed by atoms with Crippen LogP contribution in [0.15, 0.2) is 12.1 Å². The minimum atomic E-state index is -0.362. The second-order valence-corrected chi connectivity index (χ2v) is 4.41. The number of pyridine rings is 1. The lowest BCUT2D eigenvalue weighted by atomic mass is 10.1. The molecule has 0 aliphatic rings. The van der Waals surface area contributed by atoms with E-state index in [1.807, 2.05) is 0 Å². The highest BCUT2D eigenvalue weighted by atomic mass is 16.5. The molecule has 0 aromatic carbocycles. The number of methoxy groups -OCH3 is 2. The van der Waals surface area contributed by atoms with Crippen LogP contribution >= 0.6 is 0 Å². The Hall–Kier alpha value is -1.62. The molecule has 5 nitrogen and oxygen atoms in total. The van der Waals surface area contributed by atoms with E-state index in [4.69, 9.17) is 9.47 Å². The molecule has 0 aliphatic heterocycles. The number of aryl methyl sites for hydroxylation is 1. The summed E-state index contributed by atoms with van der Waals surface area (Å²) in [6, 6.07) is 3.75. The fourth-order valence-electron chi connectivity index (χ4n) is 1.92. The molecular formula is C14H22N2O3. The normalized spacial score (nSPS) is 12.0. The van der Waals surface area contributed by atoms with Crippen LogP contribution in [0.25, 0.3) is 0 Å². The van der Waals surface area contributed by atoms with Crippen LogP contribution in [0.5, 0.6) is 0 Å². The summed E-state index contributed by atoms with van der Waals surface area (Å²) < 4.78 is 9.87. The third-order valence-corrected chi connectivity index (χ3v) is 2.85. The van der Waals surface area contributed by atoms with Crippen LogP contribution in [0.2, 0.25) is 0 Å². The van der Waals surface area contributed by atoms with Gasteiger partial charge in [-0.15, -0.1) is 0 Å². The summed E-state index contributed by atoms with van der Waals surface area (Å²) in [6.07, 6.45) is 2.08. The number of nitrogens with zero attached hydrogens (tertiary/aromatic N) is 1. The Bertz CT molecular complexity index is 415. The maximum absolute atomic E-state index is 11.5. The maximum Gasteiger partial charge on any atom is 0.339 e.